The first-order chi connectivity index (χ1) is 6.31. The van der Waals surface area contributed by atoms with E-state index in [0.29, 0.717) is 18.5 Å². The predicted octanol–water partition coefficient (Wildman–Crippen LogP) is 2.06. The Morgan fingerprint density at radius 1 is 1.43 bits per heavy atom. The lowest BCUT2D eigenvalue weighted by atomic mass is 10.2. The summed E-state index contributed by atoms with van der Waals surface area (Å²) in [5, 5.41) is 0. The van der Waals surface area contributed by atoms with E-state index in [1.54, 1.807) is 20.8 Å². The molecule has 0 unspecified atom stereocenters. The highest BCUT2D eigenvalue weighted by atomic mass is 16.6. The van der Waals surface area contributed by atoms with Gasteiger partial charge < -0.3 is 4.74 Å². The van der Waals surface area contributed by atoms with E-state index in [2.05, 4.69) is 6.58 Å². The van der Waals surface area contributed by atoms with Gasteiger partial charge >= 0.3 is 6.09 Å². The normalized spacial score (nSPS) is 17.5. The molecule has 0 N–H and O–H groups in total. The van der Waals surface area contributed by atoms with Gasteiger partial charge in [-0.2, -0.15) is 0 Å². The number of ether oxygens (including phenoxy) is 1. The van der Waals surface area contributed by atoms with Crippen LogP contribution >= 0.6 is 0 Å². The largest absolute Gasteiger partial charge is 0.443 e. The Hall–Kier alpha value is -1.32. The van der Waals surface area contributed by atoms with Crippen molar-refractivity contribution in [2.75, 3.05) is 0 Å². The Morgan fingerprint density at radius 3 is 2.36 bits per heavy atom. The van der Waals surface area contributed by atoms with Crippen LogP contribution in [0.1, 0.15) is 33.6 Å². The minimum Gasteiger partial charge on any atom is -0.443 e. The number of likely N-dealkylation sites (tertiary alicyclic amines) is 1. The molecule has 0 aromatic heterocycles. The van der Waals surface area contributed by atoms with Crippen LogP contribution in [0.4, 0.5) is 4.79 Å². The SMILES string of the molecule is C=C1CCC(=O)N1C(=O)OC(C)(C)C. The van der Waals surface area contributed by atoms with Crippen LogP contribution in [0.25, 0.3) is 0 Å². The number of hydrogen-bond acceptors (Lipinski definition) is 3. The van der Waals surface area contributed by atoms with E-state index >= 15 is 0 Å². The van der Waals surface area contributed by atoms with Gasteiger partial charge in [0, 0.05) is 12.1 Å². The third-order valence-electron chi connectivity index (χ3n) is 1.77. The molecule has 0 aromatic rings. The molecule has 0 atom stereocenters. The van der Waals surface area contributed by atoms with E-state index in [-0.39, 0.29) is 5.91 Å². The summed E-state index contributed by atoms with van der Waals surface area (Å²) in [5.74, 6) is -0.232. The Bertz CT molecular complexity index is 272. The van der Waals surface area contributed by atoms with Crippen molar-refractivity contribution in [2.24, 2.45) is 0 Å². The van der Waals surface area contributed by atoms with Crippen molar-refractivity contribution < 1.29 is 14.3 Å². The first-order valence-corrected chi connectivity index (χ1v) is 4.55. The smallest absolute Gasteiger partial charge is 0.421 e. The fourth-order valence-corrected chi connectivity index (χ4v) is 1.19. The molecule has 4 heteroatoms. The third kappa shape index (κ3) is 2.34. The molecule has 1 saturated heterocycles. The van der Waals surface area contributed by atoms with Crippen LogP contribution in [-0.2, 0) is 9.53 Å². The molecule has 1 aliphatic heterocycles. The maximum atomic E-state index is 11.5. The van der Waals surface area contributed by atoms with Crippen LogP contribution in [-0.4, -0.2) is 22.5 Å². The minimum absolute atomic E-state index is 0.232. The monoisotopic (exact) mass is 197 g/mol. The van der Waals surface area contributed by atoms with Crippen molar-refractivity contribution in [3.05, 3.63) is 12.3 Å². The lowest BCUT2D eigenvalue weighted by Crippen LogP contribution is -2.36. The second-order valence-electron chi connectivity index (χ2n) is 4.28. The summed E-state index contributed by atoms with van der Waals surface area (Å²) < 4.78 is 5.07. The number of carbonyl (C=O) groups is 2. The zero-order valence-corrected chi connectivity index (χ0v) is 8.79. The molecule has 2 amide bonds. The minimum atomic E-state index is -0.620. The van der Waals surface area contributed by atoms with Crippen LogP contribution < -0.4 is 0 Å². The van der Waals surface area contributed by atoms with E-state index in [0.717, 1.165) is 4.90 Å². The molecule has 0 bridgehead atoms. The molecule has 1 heterocycles. The quantitative estimate of drug-likeness (QED) is 0.597. The summed E-state index contributed by atoms with van der Waals surface area (Å²) in [7, 11) is 0. The summed E-state index contributed by atoms with van der Waals surface area (Å²) >= 11 is 0. The lowest BCUT2D eigenvalue weighted by molar-refractivity contribution is -0.126. The van der Waals surface area contributed by atoms with Gasteiger partial charge in [-0.3, -0.25) is 4.79 Å². The highest BCUT2D eigenvalue weighted by Gasteiger charge is 2.33. The van der Waals surface area contributed by atoms with Gasteiger partial charge in [0.25, 0.3) is 0 Å². The summed E-state index contributed by atoms with van der Waals surface area (Å²) in [6, 6.07) is 0. The molecular formula is C10H15NO3. The van der Waals surface area contributed by atoms with E-state index in [4.69, 9.17) is 4.74 Å². The number of allylic oxidation sites excluding steroid dienone is 1. The summed E-state index contributed by atoms with van der Waals surface area (Å²) in [4.78, 5) is 23.8. The van der Waals surface area contributed by atoms with E-state index in [1.165, 1.54) is 0 Å². The average Bonchev–Trinajstić information content (AvgIpc) is 2.27. The standard InChI is InChI=1S/C10H15NO3/c1-7-5-6-8(12)11(7)9(13)14-10(2,3)4/h1,5-6H2,2-4H3. The fourth-order valence-electron chi connectivity index (χ4n) is 1.19. The lowest BCUT2D eigenvalue weighted by Gasteiger charge is -2.23. The second-order valence-corrected chi connectivity index (χ2v) is 4.28. The van der Waals surface area contributed by atoms with Gasteiger partial charge in [0.15, 0.2) is 0 Å². The van der Waals surface area contributed by atoms with Crippen LogP contribution in [0.15, 0.2) is 12.3 Å². The van der Waals surface area contributed by atoms with Crippen molar-refractivity contribution in [1.29, 1.82) is 0 Å². The molecule has 1 rings (SSSR count). The molecule has 0 radical (unpaired) electrons. The van der Waals surface area contributed by atoms with Crippen molar-refractivity contribution in [1.82, 2.24) is 4.90 Å². The number of amides is 2. The Morgan fingerprint density at radius 2 is 2.00 bits per heavy atom. The first kappa shape index (κ1) is 10.8. The second kappa shape index (κ2) is 3.44. The molecular weight excluding hydrogens is 182 g/mol. The fraction of sp³-hybridized carbons (Fsp3) is 0.600. The molecule has 14 heavy (non-hydrogen) atoms. The number of hydrogen-bond donors (Lipinski definition) is 0. The Labute approximate surface area is 83.5 Å². The molecule has 1 aliphatic rings. The molecule has 0 aromatic carbocycles. The molecule has 78 valence electrons. The molecule has 4 nitrogen and oxygen atoms in total. The Balaban J connectivity index is 2.70. The average molecular weight is 197 g/mol. The van der Waals surface area contributed by atoms with Crippen molar-refractivity contribution in [3.63, 3.8) is 0 Å². The zero-order valence-electron chi connectivity index (χ0n) is 8.79. The van der Waals surface area contributed by atoms with E-state index < -0.39 is 11.7 Å². The highest BCUT2D eigenvalue weighted by Crippen LogP contribution is 2.23. The van der Waals surface area contributed by atoms with Gasteiger partial charge in [-0.15, -0.1) is 0 Å². The van der Waals surface area contributed by atoms with Gasteiger partial charge in [-0.05, 0) is 27.2 Å². The van der Waals surface area contributed by atoms with Gasteiger partial charge in [-0.1, -0.05) is 6.58 Å². The van der Waals surface area contributed by atoms with Crippen molar-refractivity contribution in [3.8, 4) is 0 Å². The van der Waals surface area contributed by atoms with Crippen LogP contribution in [0.3, 0.4) is 0 Å². The van der Waals surface area contributed by atoms with E-state index in [9.17, 15) is 9.59 Å². The van der Waals surface area contributed by atoms with Gasteiger partial charge in [0.1, 0.15) is 5.60 Å². The predicted molar refractivity (Wildman–Crippen MR) is 51.5 cm³/mol. The third-order valence-corrected chi connectivity index (χ3v) is 1.77. The number of carbonyl (C=O) groups excluding carboxylic acids is 2. The van der Waals surface area contributed by atoms with Crippen LogP contribution in [0.5, 0.6) is 0 Å². The topological polar surface area (TPSA) is 46.6 Å². The van der Waals surface area contributed by atoms with Gasteiger partial charge in [-0.25, -0.2) is 9.69 Å². The maximum Gasteiger partial charge on any atom is 0.421 e. The molecule has 0 saturated carbocycles. The van der Waals surface area contributed by atoms with Crippen molar-refractivity contribution >= 4 is 12.0 Å². The first-order valence-electron chi connectivity index (χ1n) is 4.55. The van der Waals surface area contributed by atoms with Crippen LogP contribution in [0.2, 0.25) is 0 Å². The number of nitrogens with zero attached hydrogens (tertiary/aromatic N) is 1. The Kier molecular flexibility index (Phi) is 2.64. The summed E-state index contributed by atoms with van der Waals surface area (Å²) in [6.07, 6.45) is 0.265. The number of rotatable bonds is 0. The molecule has 0 aliphatic carbocycles. The maximum absolute atomic E-state index is 11.5. The van der Waals surface area contributed by atoms with Crippen LogP contribution in [0, 0.1) is 0 Å². The van der Waals surface area contributed by atoms with Gasteiger partial charge in [0.2, 0.25) is 5.91 Å². The molecule has 1 fully saturated rings. The highest BCUT2D eigenvalue weighted by molar-refractivity contribution is 5.96. The summed E-state index contributed by atoms with van der Waals surface area (Å²) in [5.41, 5.74) is -0.0653. The van der Waals surface area contributed by atoms with Crippen molar-refractivity contribution in [2.45, 2.75) is 39.2 Å². The zero-order chi connectivity index (χ0) is 10.9. The van der Waals surface area contributed by atoms with Gasteiger partial charge in [0.05, 0.1) is 0 Å². The van der Waals surface area contributed by atoms with E-state index in [1.807, 2.05) is 0 Å². The number of imide groups is 1. The molecule has 0 spiro atoms. The summed E-state index contributed by atoms with van der Waals surface area (Å²) in [6.45, 7) is 8.92.